The average molecular weight is 218 g/mol. The fourth-order valence-electron chi connectivity index (χ4n) is 1.75. The highest BCUT2D eigenvalue weighted by Gasteiger charge is 2.22. The third kappa shape index (κ3) is 3.30. The van der Waals surface area contributed by atoms with Crippen LogP contribution in [0.2, 0.25) is 0 Å². The molecule has 0 fully saturated rings. The maximum atomic E-state index is 12.1. The van der Waals surface area contributed by atoms with Crippen LogP contribution in [0.5, 0.6) is 0 Å². The molecule has 2 heteroatoms. The standard InChI is InChI=1S/C14H18O2/c1-10(9-11(2)15)12(3)14(16)13-7-5-4-6-8-13/h4-8,10,12H,9H2,1-3H3/t10-,12-/m1/s1. The normalized spacial score (nSPS) is 14.2. The van der Waals surface area contributed by atoms with Gasteiger partial charge in [-0.1, -0.05) is 44.2 Å². The number of hydrogen-bond donors (Lipinski definition) is 0. The Labute approximate surface area is 96.7 Å². The summed E-state index contributed by atoms with van der Waals surface area (Å²) in [5, 5.41) is 0. The van der Waals surface area contributed by atoms with Crippen molar-refractivity contribution in [2.75, 3.05) is 0 Å². The van der Waals surface area contributed by atoms with E-state index in [-0.39, 0.29) is 23.4 Å². The van der Waals surface area contributed by atoms with Crippen molar-refractivity contribution in [1.29, 1.82) is 0 Å². The summed E-state index contributed by atoms with van der Waals surface area (Å²) in [6, 6.07) is 9.24. The second kappa shape index (κ2) is 5.59. The molecule has 0 bridgehead atoms. The summed E-state index contributed by atoms with van der Waals surface area (Å²) in [6.45, 7) is 5.41. The first-order valence-electron chi connectivity index (χ1n) is 5.61. The Balaban J connectivity index is 2.71. The Hall–Kier alpha value is -1.44. The van der Waals surface area contributed by atoms with E-state index in [0.29, 0.717) is 6.42 Å². The molecule has 1 aromatic carbocycles. The van der Waals surface area contributed by atoms with Crippen LogP contribution in [-0.2, 0) is 4.79 Å². The van der Waals surface area contributed by atoms with Crippen molar-refractivity contribution in [3.8, 4) is 0 Å². The van der Waals surface area contributed by atoms with Crippen molar-refractivity contribution in [3.05, 3.63) is 35.9 Å². The largest absolute Gasteiger partial charge is 0.300 e. The summed E-state index contributed by atoms with van der Waals surface area (Å²) < 4.78 is 0. The van der Waals surface area contributed by atoms with Crippen LogP contribution in [0.4, 0.5) is 0 Å². The fourth-order valence-corrected chi connectivity index (χ4v) is 1.75. The quantitative estimate of drug-likeness (QED) is 0.711. The number of rotatable bonds is 5. The molecule has 16 heavy (non-hydrogen) atoms. The van der Waals surface area contributed by atoms with Gasteiger partial charge in [-0.3, -0.25) is 4.79 Å². The second-order valence-electron chi connectivity index (χ2n) is 4.40. The molecule has 0 N–H and O–H groups in total. The molecule has 0 unspecified atom stereocenters. The van der Waals surface area contributed by atoms with Crippen molar-refractivity contribution in [1.82, 2.24) is 0 Å². The first-order valence-corrected chi connectivity index (χ1v) is 5.61. The summed E-state index contributed by atoms with van der Waals surface area (Å²) in [4.78, 5) is 23.1. The van der Waals surface area contributed by atoms with Gasteiger partial charge < -0.3 is 4.79 Å². The molecule has 1 rings (SSSR count). The number of ketones is 2. The van der Waals surface area contributed by atoms with Gasteiger partial charge in [0.05, 0.1) is 0 Å². The molecule has 0 aliphatic heterocycles. The van der Waals surface area contributed by atoms with Crippen LogP contribution in [-0.4, -0.2) is 11.6 Å². The molecule has 0 spiro atoms. The van der Waals surface area contributed by atoms with Crippen molar-refractivity contribution in [3.63, 3.8) is 0 Å². The third-order valence-electron chi connectivity index (χ3n) is 2.93. The zero-order chi connectivity index (χ0) is 12.1. The molecule has 0 saturated heterocycles. The van der Waals surface area contributed by atoms with E-state index in [1.54, 1.807) is 6.92 Å². The van der Waals surface area contributed by atoms with E-state index in [4.69, 9.17) is 0 Å². The van der Waals surface area contributed by atoms with Gasteiger partial charge in [-0.25, -0.2) is 0 Å². The molecular weight excluding hydrogens is 200 g/mol. The summed E-state index contributed by atoms with van der Waals surface area (Å²) >= 11 is 0. The molecule has 0 aliphatic carbocycles. The zero-order valence-electron chi connectivity index (χ0n) is 10.1. The molecule has 0 radical (unpaired) electrons. The van der Waals surface area contributed by atoms with Gasteiger partial charge in [0.15, 0.2) is 5.78 Å². The van der Waals surface area contributed by atoms with Crippen LogP contribution in [0.15, 0.2) is 30.3 Å². The van der Waals surface area contributed by atoms with E-state index in [9.17, 15) is 9.59 Å². The minimum absolute atomic E-state index is 0.102. The Kier molecular flexibility index (Phi) is 4.41. The van der Waals surface area contributed by atoms with Crippen LogP contribution in [0.25, 0.3) is 0 Å². The van der Waals surface area contributed by atoms with E-state index >= 15 is 0 Å². The highest BCUT2D eigenvalue weighted by molar-refractivity contribution is 5.98. The smallest absolute Gasteiger partial charge is 0.165 e. The predicted molar refractivity (Wildman–Crippen MR) is 64.4 cm³/mol. The van der Waals surface area contributed by atoms with Gasteiger partial charge in [-0.2, -0.15) is 0 Å². The van der Waals surface area contributed by atoms with Gasteiger partial charge in [-0.15, -0.1) is 0 Å². The van der Waals surface area contributed by atoms with Crippen LogP contribution < -0.4 is 0 Å². The molecule has 0 amide bonds. The first kappa shape index (κ1) is 12.6. The number of hydrogen-bond acceptors (Lipinski definition) is 2. The summed E-state index contributed by atoms with van der Waals surface area (Å²) in [5.41, 5.74) is 0.727. The lowest BCUT2D eigenvalue weighted by molar-refractivity contribution is -0.117. The van der Waals surface area contributed by atoms with Crippen LogP contribution in [0, 0.1) is 11.8 Å². The topological polar surface area (TPSA) is 34.1 Å². The highest BCUT2D eigenvalue weighted by Crippen LogP contribution is 2.20. The van der Waals surface area contributed by atoms with E-state index in [0.717, 1.165) is 5.56 Å². The third-order valence-corrected chi connectivity index (χ3v) is 2.93. The van der Waals surface area contributed by atoms with Gasteiger partial charge in [-0.05, 0) is 12.8 Å². The number of carbonyl (C=O) groups is 2. The number of carbonyl (C=O) groups excluding carboxylic acids is 2. The lowest BCUT2D eigenvalue weighted by atomic mass is 9.85. The SMILES string of the molecule is CC(=O)C[C@@H](C)[C@@H](C)C(=O)c1ccccc1. The lowest BCUT2D eigenvalue weighted by Gasteiger charge is -2.17. The predicted octanol–water partition coefficient (Wildman–Crippen LogP) is 3.12. The van der Waals surface area contributed by atoms with E-state index in [1.807, 2.05) is 44.2 Å². The highest BCUT2D eigenvalue weighted by atomic mass is 16.1. The summed E-state index contributed by atoms with van der Waals surface area (Å²) in [5.74, 6) is 0.256. The summed E-state index contributed by atoms with van der Waals surface area (Å²) in [6.07, 6.45) is 0.472. The van der Waals surface area contributed by atoms with Crippen molar-refractivity contribution < 1.29 is 9.59 Å². The monoisotopic (exact) mass is 218 g/mol. The zero-order valence-corrected chi connectivity index (χ0v) is 10.1. The maximum absolute atomic E-state index is 12.1. The number of benzene rings is 1. The Bertz CT molecular complexity index is 368. The Morgan fingerprint density at radius 1 is 1.12 bits per heavy atom. The van der Waals surface area contributed by atoms with E-state index in [1.165, 1.54) is 0 Å². The molecule has 0 aromatic heterocycles. The molecule has 0 heterocycles. The molecule has 0 saturated carbocycles. The van der Waals surface area contributed by atoms with Gasteiger partial charge in [0.2, 0.25) is 0 Å². The van der Waals surface area contributed by atoms with Crippen molar-refractivity contribution >= 4 is 11.6 Å². The molecular formula is C14H18O2. The molecule has 0 aliphatic rings. The average Bonchev–Trinajstić information content (AvgIpc) is 2.27. The van der Waals surface area contributed by atoms with Crippen molar-refractivity contribution in [2.45, 2.75) is 27.2 Å². The lowest BCUT2D eigenvalue weighted by Crippen LogP contribution is -2.20. The Morgan fingerprint density at radius 2 is 1.69 bits per heavy atom. The van der Waals surface area contributed by atoms with Gasteiger partial charge in [0.1, 0.15) is 5.78 Å². The summed E-state index contributed by atoms with van der Waals surface area (Å²) in [7, 11) is 0. The fraction of sp³-hybridized carbons (Fsp3) is 0.429. The second-order valence-corrected chi connectivity index (χ2v) is 4.40. The van der Waals surface area contributed by atoms with Gasteiger partial charge in [0, 0.05) is 17.9 Å². The molecule has 2 atom stereocenters. The minimum atomic E-state index is -0.105. The first-order chi connectivity index (χ1) is 7.52. The van der Waals surface area contributed by atoms with Gasteiger partial charge >= 0.3 is 0 Å². The van der Waals surface area contributed by atoms with Gasteiger partial charge in [0.25, 0.3) is 0 Å². The van der Waals surface area contributed by atoms with E-state index in [2.05, 4.69) is 0 Å². The Morgan fingerprint density at radius 3 is 2.19 bits per heavy atom. The molecule has 2 nitrogen and oxygen atoms in total. The molecule has 86 valence electrons. The van der Waals surface area contributed by atoms with E-state index < -0.39 is 0 Å². The van der Waals surface area contributed by atoms with Crippen LogP contribution >= 0.6 is 0 Å². The molecule has 1 aromatic rings. The maximum Gasteiger partial charge on any atom is 0.165 e. The van der Waals surface area contributed by atoms with Crippen molar-refractivity contribution in [2.24, 2.45) is 11.8 Å². The minimum Gasteiger partial charge on any atom is -0.300 e. The number of Topliss-reactive ketones (excluding diaryl/α,β-unsaturated/α-hetero) is 2. The van der Waals surface area contributed by atoms with Crippen LogP contribution in [0.3, 0.4) is 0 Å². The van der Waals surface area contributed by atoms with Crippen LogP contribution in [0.1, 0.15) is 37.6 Å².